The fraction of sp³-hybridized carbons (Fsp3) is 0.312. The molecule has 2 heterocycles. The first kappa shape index (κ1) is 15.9. The van der Waals surface area contributed by atoms with Crippen LogP contribution in [0.3, 0.4) is 0 Å². The number of rotatable bonds is 5. The van der Waals surface area contributed by atoms with Crippen molar-refractivity contribution in [1.82, 2.24) is 15.0 Å². The van der Waals surface area contributed by atoms with E-state index < -0.39 is 5.97 Å². The summed E-state index contributed by atoms with van der Waals surface area (Å²) in [4.78, 5) is 40.3. The van der Waals surface area contributed by atoms with Gasteiger partial charge in [0.1, 0.15) is 0 Å². The Balaban J connectivity index is 1.58. The lowest BCUT2D eigenvalue weighted by molar-refractivity contribution is -0.139. The van der Waals surface area contributed by atoms with E-state index in [1.54, 1.807) is 31.2 Å². The third-order valence-electron chi connectivity index (χ3n) is 3.58. The molecule has 2 amide bonds. The second kappa shape index (κ2) is 6.61. The average Bonchev–Trinajstić information content (AvgIpc) is 3.13. The Morgan fingerprint density at radius 1 is 1.21 bits per heavy atom. The lowest BCUT2D eigenvalue weighted by atomic mass is 10.1. The van der Waals surface area contributed by atoms with Crippen molar-refractivity contribution in [3.8, 4) is 0 Å². The number of ether oxygens (including phenoxy) is 1. The summed E-state index contributed by atoms with van der Waals surface area (Å²) < 4.78 is 9.94. The lowest BCUT2D eigenvalue weighted by Crippen LogP contribution is -2.28. The lowest BCUT2D eigenvalue weighted by Gasteiger charge is -2.13. The van der Waals surface area contributed by atoms with Crippen molar-refractivity contribution in [3.05, 3.63) is 47.1 Å². The number of carbonyl (C=O) groups excluding carboxylic acids is 3. The van der Waals surface area contributed by atoms with Crippen molar-refractivity contribution >= 4 is 17.8 Å². The molecule has 3 rings (SSSR count). The highest BCUT2D eigenvalue weighted by atomic mass is 16.6. The molecule has 2 aromatic rings. The fourth-order valence-corrected chi connectivity index (χ4v) is 2.34. The highest BCUT2D eigenvalue weighted by Gasteiger charge is 2.28. The summed E-state index contributed by atoms with van der Waals surface area (Å²) >= 11 is 0. The van der Waals surface area contributed by atoms with E-state index in [2.05, 4.69) is 10.1 Å². The number of aryl methyl sites for hydroxylation is 1. The molecule has 1 aliphatic heterocycles. The molecule has 0 radical (unpaired) electrons. The van der Waals surface area contributed by atoms with Gasteiger partial charge in [0, 0.05) is 12.8 Å². The number of aromatic nitrogens is 2. The molecular weight excluding hydrogens is 314 g/mol. The number of hydrogen-bond donors (Lipinski definition) is 0. The Hall–Kier alpha value is -3.03. The highest BCUT2D eigenvalue weighted by molar-refractivity contribution is 6.01. The molecule has 0 unspecified atom stereocenters. The molecule has 8 nitrogen and oxygen atoms in total. The molecule has 0 aliphatic carbocycles. The van der Waals surface area contributed by atoms with E-state index in [4.69, 9.17) is 9.26 Å². The molecule has 0 N–H and O–H groups in total. The molecule has 0 spiro atoms. The smallest absolute Gasteiger partial charge is 0.338 e. The van der Waals surface area contributed by atoms with Gasteiger partial charge in [0.25, 0.3) is 5.89 Å². The Bertz CT molecular complexity index is 765. The van der Waals surface area contributed by atoms with Gasteiger partial charge >= 0.3 is 5.97 Å². The number of esters is 1. The van der Waals surface area contributed by atoms with Gasteiger partial charge in [-0.05, 0) is 24.6 Å². The van der Waals surface area contributed by atoms with Crippen LogP contribution in [0.2, 0.25) is 0 Å². The molecule has 0 bridgehead atoms. The summed E-state index contributed by atoms with van der Waals surface area (Å²) in [6.07, 6.45) is 0.525. The third-order valence-corrected chi connectivity index (χ3v) is 3.58. The number of nitrogens with zero attached hydrogens (tertiary/aromatic N) is 3. The maximum Gasteiger partial charge on any atom is 0.338 e. The van der Waals surface area contributed by atoms with E-state index in [1.807, 2.05) is 0 Å². The van der Waals surface area contributed by atoms with Crippen LogP contribution in [0.5, 0.6) is 0 Å². The molecule has 1 saturated heterocycles. The zero-order valence-electron chi connectivity index (χ0n) is 13.0. The first-order valence-electron chi connectivity index (χ1n) is 7.41. The standard InChI is InChI=1S/C16H15N3O5/c1-10-17-13(24-18-10)9-23-16(22)12-4-2-11(3-5-12)8-19-14(20)6-7-15(19)21/h2-5H,6-9H2,1H3. The Morgan fingerprint density at radius 2 is 1.88 bits per heavy atom. The van der Waals surface area contributed by atoms with E-state index in [0.717, 1.165) is 5.56 Å². The highest BCUT2D eigenvalue weighted by Crippen LogP contribution is 2.16. The second-order valence-electron chi connectivity index (χ2n) is 5.38. The van der Waals surface area contributed by atoms with Gasteiger partial charge < -0.3 is 9.26 Å². The third kappa shape index (κ3) is 3.48. The minimum Gasteiger partial charge on any atom is -0.452 e. The van der Waals surface area contributed by atoms with Crippen molar-refractivity contribution in [3.63, 3.8) is 0 Å². The normalized spacial score (nSPS) is 14.3. The van der Waals surface area contributed by atoms with Crippen LogP contribution in [-0.2, 0) is 27.5 Å². The molecule has 124 valence electrons. The van der Waals surface area contributed by atoms with Crippen LogP contribution in [0, 0.1) is 6.92 Å². The first-order valence-corrected chi connectivity index (χ1v) is 7.41. The quantitative estimate of drug-likeness (QED) is 0.603. The maximum atomic E-state index is 12.0. The number of carbonyl (C=O) groups is 3. The molecular formula is C16H15N3O5. The molecule has 24 heavy (non-hydrogen) atoms. The zero-order valence-corrected chi connectivity index (χ0v) is 13.0. The Kier molecular flexibility index (Phi) is 4.37. The second-order valence-corrected chi connectivity index (χ2v) is 5.38. The van der Waals surface area contributed by atoms with Crippen molar-refractivity contribution in [2.75, 3.05) is 0 Å². The zero-order chi connectivity index (χ0) is 17.1. The van der Waals surface area contributed by atoms with Crippen molar-refractivity contribution < 1.29 is 23.6 Å². The van der Waals surface area contributed by atoms with Gasteiger partial charge in [-0.3, -0.25) is 14.5 Å². The van der Waals surface area contributed by atoms with E-state index in [1.165, 1.54) is 4.90 Å². The minimum atomic E-state index is -0.522. The number of hydrogen-bond acceptors (Lipinski definition) is 7. The van der Waals surface area contributed by atoms with Gasteiger partial charge in [0.15, 0.2) is 12.4 Å². The Labute approximate surface area is 137 Å². The summed E-state index contributed by atoms with van der Waals surface area (Å²) in [6.45, 7) is 1.79. The molecule has 0 atom stereocenters. The Morgan fingerprint density at radius 3 is 2.46 bits per heavy atom. The van der Waals surface area contributed by atoms with E-state index >= 15 is 0 Å². The number of benzene rings is 1. The monoisotopic (exact) mass is 329 g/mol. The molecule has 0 saturated carbocycles. The van der Waals surface area contributed by atoms with Crippen LogP contribution in [0.25, 0.3) is 0 Å². The summed E-state index contributed by atoms with van der Waals surface area (Å²) in [5.74, 6) is -0.165. The minimum absolute atomic E-state index is 0.0990. The van der Waals surface area contributed by atoms with E-state index in [-0.39, 0.29) is 43.7 Å². The summed E-state index contributed by atoms with van der Waals surface area (Å²) in [7, 11) is 0. The SMILES string of the molecule is Cc1noc(COC(=O)c2ccc(CN3C(=O)CCC3=O)cc2)n1. The summed E-state index contributed by atoms with van der Waals surface area (Å²) in [5.41, 5.74) is 1.12. The number of imide groups is 1. The van der Waals surface area contributed by atoms with E-state index in [9.17, 15) is 14.4 Å². The molecule has 1 aliphatic rings. The largest absolute Gasteiger partial charge is 0.452 e. The van der Waals surface area contributed by atoms with Gasteiger partial charge in [-0.2, -0.15) is 4.98 Å². The van der Waals surface area contributed by atoms with Crippen LogP contribution in [-0.4, -0.2) is 32.8 Å². The van der Waals surface area contributed by atoms with Crippen LogP contribution in [0.1, 0.15) is 40.5 Å². The van der Waals surface area contributed by atoms with Crippen LogP contribution < -0.4 is 0 Å². The van der Waals surface area contributed by atoms with Crippen molar-refractivity contribution in [1.29, 1.82) is 0 Å². The average molecular weight is 329 g/mol. The van der Waals surface area contributed by atoms with Crippen molar-refractivity contribution in [2.45, 2.75) is 32.9 Å². The predicted octanol–water partition coefficient (Wildman–Crippen LogP) is 1.38. The van der Waals surface area contributed by atoms with Crippen LogP contribution in [0.4, 0.5) is 0 Å². The molecule has 1 aromatic heterocycles. The summed E-state index contributed by atoms with van der Waals surface area (Å²) in [6, 6.07) is 6.54. The van der Waals surface area contributed by atoms with Gasteiger partial charge in [-0.1, -0.05) is 17.3 Å². The van der Waals surface area contributed by atoms with Gasteiger partial charge in [0.2, 0.25) is 11.8 Å². The van der Waals surface area contributed by atoms with Gasteiger partial charge in [0.05, 0.1) is 12.1 Å². The van der Waals surface area contributed by atoms with Gasteiger partial charge in [-0.15, -0.1) is 0 Å². The first-order chi connectivity index (χ1) is 11.5. The van der Waals surface area contributed by atoms with Crippen molar-refractivity contribution in [2.24, 2.45) is 0 Å². The maximum absolute atomic E-state index is 12.0. The topological polar surface area (TPSA) is 103 Å². The predicted molar refractivity (Wildman–Crippen MR) is 79.4 cm³/mol. The van der Waals surface area contributed by atoms with Gasteiger partial charge in [-0.25, -0.2) is 4.79 Å². The molecule has 8 heteroatoms. The van der Waals surface area contributed by atoms with Crippen LogP contribution >= 0.6 is 0 Å². The molecule has 1 fully saturated rings. The number of amides is 2. The van der Waals surface area contributed by atoms with E-state index in [0.29, 0.717) is 11.4 Å². The summed E-state index contributed by atoms with van der Waals surface area (Å²) in [5, 5.41) is 3.60. The fourth-order valence-electron chi connectivity index (χ4n) is 2.34. The number of likely N-dealkylation sites (tertiary alicyclic amines) is 1. The van der Waals surface area contributed by atoms with Crippen LogP contribution in [0.15, 0.2) is 28.8 Å². The molecule has 1 aromatic carbocycles.